The van der Waals surface area contributed by atoms with E-state index in [0.29, 0.717) is 0 Å². The zero-order valence-electron chi connectivity index (χ0n) is 7.83. The van der Waals surface area contributed by atoms with Crippen molar-refractivity contribution in [3.63, 3.8) is 0 Å². The third kappa shape index (κ3) is 1.55. The van der Waals surface area contributed by atoms with Crippen molar-refractivity contribution in [1.82, 2.24) is 0 Å². The molecule has 0 unspecified atom stereocenters. The number of rotatable bonds is 2. The Labute approximate surface area is 88.3 Å². The Bertz CT molecular complexity index is 451. The lowest BCUT2D eigenvalue weighted by molar-refractivity contribution is 0.421. The summed E-state index contributed by atoms with van der Waals surface area (Å²) in [6, 6.07) is 11.7. The number of hydrogen-bond acceptors (Lipinski definition) is 1. The standard InChI is InChI=1S/C12H10ClO/c1-2-14-12-8-7-11(13)9-5-3-4-6-10(9)12/h2-8H,1H3. The highest BCUT2D eigenvalue weighted by Crippen LogP contribution is 2.31. The number of hydrogen-bond donors (Lipinski definition) is 0. The highest BCUT2D eigenvalue weighted by Gasteiger charge is 2.03. The van der Waals surface area contributed by atoms with Crippen LogP contribution in [-0.2, 0) is 0 Å². The Morgan fingerprint density at radius 3 is 2.50 bits per heavy atom. The molecule has 0 saturated carbocycles. The molecular weight excluding hydrogens is 196 g/mol. The van der Waals surface area contributed by atoms with Crippen LogP contribution in [0.3, 0.4) is 0 Å². The van der Waals surface area contributed by atoms with Crippen molar-refractivity contribution in [2.75, 3.05) is 0 Å². The average Bonchev–Trinajstić information content (AvgIpc) is 2.23. The van der Waals surface area contributed by atoms with Crippen LogP contribution in [0.25, 0.3) is 10.8 Å². The summed E-state index contributed by atoms with van der Waals surface area (Å²) >= 11 is 6.06. The fraction of sp³-hybridized carbons (Fsp3) is 0.0833. The molecule has 0 N–H and O–H groups in total. The van der Waals surface area contributed by atoms with Crippen LogP contribution in [0.1, 0.15) is 6.92 Å². The molecule has 0 aromatic heterocycles. The van der Waals surface area contributed by atoms with Gasteiger partial charge in [-0.15, -0.1) is 0 Å². The molecule has 2 heteroatoms. The summed E-state index contributed by atoms with van der Waals surface area (Å²) in [7, 11) is 0. The second-order valence-corrected chi connectivity index (χ2v) is 3.35. The van der Waals surface area contributed by atoms with Gasteiger partial charge in [0.15, 0.2) is 0 Å². The van der Waals surface area contributed by atoms with E-state index in [0.717, 1.165) is 21.5 Å². The van der Waals surface area contributed by atoms with Crippen LogP contribution in [0.4, 0.5) is 0 Å². The normalized spacial score (nSPS) is 10.4. The lowest BCUT2D eigenvalue weighted by atomic mass is 10.1. The summed E-state index contributed by atoms with van der Waals surface area (Å²) in [6.45, 7) is 3.51. The molecule has 0 bridgehead atoms. The van der Waals surface area contributed by atoms with E-state index >= 15 is 0 Å². The molecule has 0 atom stereocenters. The Kier molecular flexibility index (Phi) is 2.60. The van der Waals surface area contributed by atoms with Crippen molar-refractivity contribution >= 4 is 22.4 Å². The monoisotopic (exact) mass is 205 g/mol. The van der Waals surface area contributed by atoms with Gasteiger partial charge in [0.25, 0.3) is 0 Å². The van der Waals surface area contributed by atoms with Gasteiger partial charge in [0.1, 0.15) is 12.4 Å². The molecule has 0 amide bonds. The molecular formula is C12H10ClO. The zero-order chi connectivity index (χ0) is 9.97. The first-order valence-corrected chi connectivity index (χ1v) is 4.82. The van der Waals surface area contributed by atoms with Crippen molar-refractivity contribution in [2.24, 2.45) is 0 Å². The van der Waals surface area contributed by atoms with E-state index in [4.69, 9.17) is 16.3 Å². The van der Waals surface area contributed by atoms with Gasteiger partial charge in [0.05, 0.1) is 0 Å². The van der Waals surface area contributed by atoms with Crippen molar-refractivity contribution < 1.29 is 4.74 Å². The number of halogens is 1. The van der Waals surface area contributed by atoms with Crippen LogP contribution in [-0.4, -0.2) is 0 Å². The maximum absolute atomic E-state index is 6.06. The van der Waals surface area contributed by atoms with Crippen molar-refractivity contribution in [1.29, 1.82) is 0 Å². The summed E-state index contributed by atoms with van der Waals surface area (Å²) in [6.07, 6.45) is 0. The molecule has 2 rings (SSSR count). The van der Waals surface area contributed by atoms with Crippen molar-refractivity contribution in [3.05, 3.63) is 48.0 Å². The number of ether oxygens (including phenoxy) is 1. The summed E-state index contributed by atoms with van der Waals surface area (Å²) in [5.74, 6) is 0.840. The van der Waals surface area contributed by atoms with Gasteiger partial charge in [0.2, 0.25) is 0 Å². The topological polar surface area (TPSA) is 9.23 Å². The molecule has 1 radical (unpaired) electrons. The second-order valence-electron chi connectivity index (χ2n) is 2.94. The molecule has 0 aliphatic heterocycles. The minimum absolute atomic E-state index is 0.754. The van der Waals surface area contributed by atoms with E-state index in [-0.39, 0.29) is 0 Å². The highest BCUT2D eigenvalue weighted by molar-refractivity contribution is 6.35. The fourth-order valence-electron chi connectivity index (χ4n) is 1.46. The lowest BCUT2D eigenvalue weighted by Gasteiger charge is -2.07. The van der Waals surface area contributed by atoms with Gasteiger partial charge < -0.3 is 4.74 Å². The van der Waals surface area contributed by atoms with E-state index in [9.17, 15) is 0 Å². The third-order valence-electron chi connectivity index (χ3n) is 2.08. The number of benzene rings is 2. The minimum atomic E-state index is 0.754. The summed E-state index contributed by atoms with van der Waals surface area (Å²) in [5, 5.41) is 2.82. The Morgan fingerprint density at radius 1 is 1.07 bits per heavy atom. The van der Waals surface area contributed by atoms with Gasteiger partial charge in [0, 0.05) is 15.8 Å². The largest absolute Gasteiger partial charge is 0.486 e. The van der Waals surface area contributed by atoms with E-state index < -0.39 is 0 Å². The second kappa shape index (κ2) is 3.89. The van der Waals surface area contributed by atoms with E-state index in [1.54, 1.807) is 6.61 Å². The van der Waals surface area contributed by atoms with Crippen LogP contribution in [0.5, 0.6) is 5.75 Å². The Balaban J connectivity index is 2.68. The van der Waals surface area contributed by atoms with Gasteiger partial charge in [-0.05, 0) is 19.1 Å². The van der Waals surface area contributed by atoms with Crippen LogP contribution in [0.15, 0.2) is 36.4 Å². The first-order chi connectivity index (χ1) is 6.83. The predicted molar refractivity (Wildman–Crippen MR) is 59.6 cm³/mol. The summed E-state index contributed by atoms with van der Waals surface area (Å²) in [4.78, 5) is 0. The van der Waals surface area contributed by atoms with E-state index in [2.05, 4.69) is 0 Å². The van der Waals surface area contributed by atoms with Crippen molar-refractivity contribution in [3.8, 4) is 5.75 Å². The van der Waals surface area contributed by atoms with E-state index in [1.807, 2.05) is 43.3 Å². The molecule has 0 aliphatic rings. The van der Waals surface area contributed by atoms with Crippen LogP contribution < -0.4 is 4.74 Å². The summed E-state index contributed by atoms with van der Waals surface area (Å²) in [5.41, 5.74) is 0. The lowest BCUT2D eigenvalue weighted by Crippen LogP contribution is -1.87. The fourth-order valence-corrected chi connectivity index (χ4v) is 1.69. The molecule has 0 fully saturated rings. The molecule has 2 aromatic rings. The van der Waals surface area contributed by atoms with Gasteiger partial charge in [-0.1, -0.05) is 35.9 Å². The molecule has 71 valence electrons. The van der Waals surface area contributed by atoms with Crippen LogP contribution in [0.2, 0.25) is 5.02 Å². The first-order valence-electron chi connectivity index (χ1n) is 4.44. The van der Waals surface area contributed by atoms with Gasteiger partial charge in [-0.2, -0.15) is 0 Å². The average molecular weight is 206 g/mol. The minimum Gasteiger partial charge on any atom is -0.486 e. The SMILES string of the molecule is C[CH]Oc1ccc(Cl)c2ccccc12. The predicted octanol–water partition coefficient (Wildman–Crippen LogP) is 4.05. The smallest absolute Gasteiger partial charge is 0.132 e. The van der Waals surface area contributed by atoms with E-state index in [1.165, 1.54) is 0 Å². The Hall–Kier alpha value is -1.21. The van der Waals surface area contributed by atoms with Gasteiger partial charge in [-0.25, -0.2) is 0 Å². The third-order valence-corrected chi connectivity index (χ3v) is 2.41. The molecule has 2 aromatic carbocycles. The van der Waals surface area contributed by atoms with Crippen molar-refractivity contribution in [2.45, 2.75) is 6.92 Å². The maximum Gasteiger partial charge on any atom is 0.132 e. The Morgan fingerprint density at radius 2 is 1.79 bits per heavy atom. The quantitative estimate of drug-likeness (QED) is 0.719. The molecule has 0 spiro atoms. The molecule has 14 heavy (non-hydrogen) atoms. The van der Waals surface area contributed by atoms with Crippen LogP contribution >= 0.6 is 11.6 Å². The summed E-state index contributed by atoms with van der Waals surface area (Å²) < 4.78 is 5.39. The van der Waals surface area contributed by atoms with Gasteiger partial charge >= 0.3 is 0 Å². The molecule has 1 nitrogen and oxygen atoms in total. The molecule has 0 heterocycles. The molecule has 0 saturated heterocycles. The zero-order valence-corrected chi connectivity index (χ0v) is 8.58. The molecule has 0 aliphatic carbocycles. The maximum atomic E-state index is 6.06. The highest BCUT2D eigenvalue weighted by atomic mass is 35.5. The van der Waals surface area contributed by atoms with Crippen LogP contribution in [0, 0.1) is 6.61 Å². The van der Waals surface area contributed by atoms with Gasteiger partial charge in [-0.3, -0.25) is 0 Å². The number of fused-ring (bicyclic) bond motifs is 1. The first kappa shape index (κ1) is 9.35.